The third-order valence-corrected chi connectivity index (χ3v) is 3.19. The van der Waals surface area contributed by atoms with Crippen LogP contribution in [-0.4, -0.2) is 23.1 Å². The zero-order chi connectivity index (χ0) is 14.9. The molecule has 20 heavy (non-hydrogen) atoms. The lowest BCUT2D eigenvalue weighted by atomic mass is 9.72. The van der Waals surface area contributed by atoms with E-state index in [2.05, 4.69) is 5.32 Å². The summed E-state index contributed by atoms with van der Waals surface area (Å²) in [5, 5.41) is 2.74. The number of benzene rings is 1. The van der Waals surface area contributed by atoms with Crippen molar-refractivity contribution in [1.82, 2.24) is 0 Å². The molecule has 1 aromatic rings. The second-order valence-electron chi connectivity index (χ2n) is 5.01. The van der Waals surface area contributed by atoms with Gasteiger partial charge in [0.2, 0.25) is 23.1 Å². The standard InChI is InChI=1S/C15H13NO4/c1-15(2)13(19)11(17)10(12(18)14(15)20)8-16-9-6-4-3-5-7-9/h3-8,16H,1-2H3. The van der Waals surface area contributed by atoms with Crippen molar-refractivity contribution >= 4 is 28.8 Å². The summed E-state index contributed by atoms with van der Waals surface area (Å²) < 4.78 is 0. The van der Waals surface area contributed by atoms with Crippen LogP contribution < -0.4 is 5.32 Å². The van der Waals surface area contributed by atoms with Crippen LogP contribution in [-0.2, 0) is 19.2 Å². The van der Waals surface area contributed by atoms with Crippen LogP contribution in [0.25, 0.3) is 0 Å². The predicted molar refractivity (Wildman–Crippen MR) is 72.0 cm³/mol. The second-order valence-corrected chi connectivity index (χ2v) is 5.01. The van der Waals surface area contributed by atoms with Gasteiger partial charge in [0.05, 0.1) is 11.0 Å². The Balaban J connectivity index is 2.33. The van der Waals surface area contributed by atoms with E-state index in [1.807, 2.05) is 6.07 Å². The van der Waals surface area contributed by atoms with E-state index in [0.29, 0.717) is 5.69 Å². The molecule has 1 fully saturated rings. The van der Waals surface area contributed by atoms with Gasteiger partial charge in [-0.3, -0.25) is 19.2 Å². The highest BCUT2D eigenvalue weighted by Crippen LogP contribution is 2.27. The van der Waals surface area contributed by atoms with E-state index in [1.165, 1.54) is 13.8 Å². The first kappa shape index (κ1) is 13.9. The number of nitrogens with one attached hydrogen (secondary N) is 1. The van der Waals surface area contributed by atoms with Gasteiger partial charge in [-0.05, 0) is 26.0 Å². The van der Waals surface area contributed by atoms with Crippen molar-refractivity contribution in [2.45, 2.75) is 13.8 Å². The maximum absolute atomic E-state index is 11.9. The predicted octanol–water partition coefficient (Wildman–Crippen LogP) is 1.30. The topological polar surface area (TPSA) is 80.3 Å². The fourth-order valence-electron chi connectivity index (χ4n) is 1.84. The fourth-order valence-corrected chi connectivity index (χ4v) is 1.84. The zero-order valence-corrected chi connectivity index (χ0v) is 11.1. The maximum atomic E-state index is 11.9. The van der Waals surface area contributed by atoms with Crippen molar-refractivity contribution in [3.63, 3.8) is 0 Å². The molecule has 5 nitrogen and oxygen atoms in total. The molecule has 0 bridgehead atoms. The van der Waals surface area contributed by atoms with E-state index in [1.54, 1.807) is 24.3 Å². The summed E-state index contributed by atoms with van der Waals surface area (Å²) in [6, 6.07) is 8.80. The van der Waals surface area contributed by atoms with Crippen LogP contribution in [0.15, 0.2) is 42.1 Å². The van der Waals surface area contributed by atoms with Crippen LogP contribution in [0, 0.1) is 5.41 Å². The minimum atomic E-state index is -1.57. The molecule has 0 aliphatic heterocycles. The van der Waals surface area contributed by atoms with Crippen LogP contribution in [0.2, 0.25) is 0 Å². The Hall–Kier alpha value is -2.56. The smallest absolute Gasteiger partial charge is 0.235 e. The van der Waals surface area contributed by atoms with Crippen LogP contribution in [0.1, 0.15) is 13.8 Å². The molecule has 1 aliphatic carbocycles. The monoisotopic (exact) mass is 271 g/mol. The number of hydrogen-bond acceptors (Lipinski definition) is 5. The molecule has 1 aliphatic rings. The Kier molecular flexibility index (Phi) is 3.36. The van der Waals surface area contributed by atoms with Crippen molar-refractivity contribution in [2.24, 2.45) is 5.41 Å². The molecule has 0 amide bonds. The number of carbonyl (C=O) groups excluding carboxylic acids is 4. The van der Waals surface area contributed by atoms with Gasteiger partial charge in [0.15, 0.2) is 0 Å². The van der Waals surface area contributed by atoms with Crippen molar-refractivity contribution < 1.29 is 19.2 Å². The molecule has 1 aromatic carbocycles. The third-order valence-electron chi connectivity index (χ3n) is 3.19. The van der Waals surface area contributed by atoms with Crippen LogP contribution in [0.4, 0.5) is 5.69 Å². The number of anilines is 1. The normalized spacial score (nSPS) is 18.2. The second kappa shape index (κ2) is 4.85. The van der Waals surface area contributed by atoms with Gasteiger partial charge in [-0.25, -0.2) is 0 Å². The van der Waals surface area contributed by atoms with Crippen molar-refractivity contribution in [3.05, 3.63) is 42.1 Å². The Morgan fingerprint density at radius 2 is 1.40 bits per heavy atom. The van der Waals surface area contributed by atoms with Crippen LogP contribution in [0.3, 0.4) is 0 Å². The van der Waals surface area contributed by atoms with Crippen LogP contribution in [0.5, 0.6) is 0 Å². The molecule has 0 aromatic heterocycles. The Bertz CT molecular complexity index is 609. The van der Waals surface area contributed by atoms with Crippen molar-refractivity contribution in [1.29, 1.82) is 0 Å². The molecular formula is C15H13NO4. The Labute approximate surface area is 115 Å². The molecule has 0 radical (unpaired) electrons. The lowest BCUT2D eigenvalue weighted by molar-refractivity contribution is -0.152. The molecule has 1 saturated carbocycles. The minimum absolute atomic E-state index is 0.414. The van der Waals surface area contributed by atoms with Gasteiger partial charge in [0.1, 0.15) is 0 Å². The third kappa shape index (κ3) is 2.18. The number of carbonyl (C=O) groups is 4. The van der Waals surface area contributed by atoms with Gasteiger partial charge < -0.3 is 5.32 Å². The molecule has 0 atom stereocenters. The van der Waals surface area contributed by atoms with Crippen molar-refractivity contribution in [2.75, 3.05) is 5.32 Å². The van der Waals surface area contributed by atoms with E-state index in [9.17, 15) is 19.2 Å². The average Bonchev–Trinajstić information content (AvgIpc) is 2.45. The van der Waals surface area contributed by atoms with Crippen molar-refractivity contribution in [3.8, 4) is 0 Å². The summed E-state index contributed by atoms with van der Waals surface area (Å²) in [7, 11) is 0. The van der Waals surface area contributed by atoms with Crippen LogP contribution >= 0.6 is 0 Å². The molecule has 2 rings (SSSR count). The van der Waals surface area contributed by atoms with E-state index >= 15 is 0 Å². The summed E-state index contributed by atoms with van der Waals surface area (Å²) in [4.78, 5) is 47.4. The summed E-state index contributed by atoms with van der Waals surface area (Å²) in [5.74, 6) is -3.57. The van der Waals surface area contributed by atoms with Gasteiger partial charge in [-0.2, -0.15) is 0 Å². The number of rotatable bonds is 2. The molecular weight excluding hydrogens is 258 g/mol. The average molecular weight is 271 g/mol. The number of para-hydroxylation sites is 1. The highest BCUT2D eigenvalue weighted by atomic mass is 16.2. The number of hydrogen-bond donors (Lipinski definition) is 1. The zero-order valence-electron chi connectivity index (χ0n) is 11.1. The fraction of sp³-hybridized carbons (Fsp3) is 0.200. The Morgan fingerprint density at radius 3 is 1.90 bits per heavy atom. The quantitative estimate of drug-likeness (QED) is 0.379. The van der Waals surface area contributed by atoms with E-state index in [-0.39, 0.29) is 0 Å². The lowest BCUT2D eigenvalue weighted by Gasteiger charge is -2.25. The number of ketones is 4. The molecule has 5 heteroatoms. The summed E-state index contributed by atoms with van der Waals surface area (Å²) in [6.07, 6.45) is 1.12. The molecule has 0 unspecified atom stereocenters. The first-order chi connectivity index (χ1) is 9.35. The first-order valence-electron chi connectivity index (χ1n) is 6.05. The van der Waals surface area contributed by atoms with E-state index in [4.69, 9.17) is 0 Å². The SMILES string of the molecule is CC1(C)C(=O)C(=O)C(=CNc2ccccc2)C(=O)C1=O. The molecule has 102 valence electrons. The number of Topliss-reactive ketones (excluding diaryl/α,β-unsaturated/α-hetero) is 4. The van der Waals surface area contributed by atoms with Gasteiger partial charge in [0.25, 0.3) is 0 Å². The van der Waals surface area contributed by atoms with Gasteiger partial charge in [0, 0.05) is 11.9 Å². The summed E-state index contributed by atoms with van der Waals surface area (Å²) in [5.41, 5.74) is -1.34. The first-order valence-corrected chi connectivity index (χ1v) is 6.05. The highest BCUT2D eigenvalue weighted by molar-refractivity contribution is 6.69. The molecule has 0 spiro atoms. The van der Waals surface area contributed by atoms with E-state index < -0.39 is 34.1 Å². The van der Waals surface area contributed by atoms with E-state index in [0.717, 1.165) is 6.20 Å². The molecule has 0 heterocycles. The summed E-state index contributed by atoms with van der Waals surface area (Å²) in [6.45, 7) is 2.57. The highest BCUT2D eigenvalue weighted by Gasteiger charge is 2.51. The lowest BCUT2D eigenvalue weighted by Crippen LogP contribution is -2.49. The Morgan fingerprint density at radius 1 is 0.900 bits per heavy atom. The summed E-state index contributed by atoms with van der Waals surface area (Å²) >= 11 is 0. The molecule has 0 saturated heterocycles. The maximum Gasteiger partial charge on any atom is 0.235 e. The number of allylic oxidation sites excluding steroid dienone is 1. The molecule has 1 N–H and O–H groups in total. The van der Waals surface area contributed by atoms with Gasteiger partial charge >= 0.3 is 0 Å². The minimum Gasteiger partial charge on any atom is -0.361 e. The largest absolute Gasteiger partial charge is 0.361 e. The van der Waals surface area contributed by atoms with Gasteiger partial charge in [-0.15, -0.1) is 0 Å². The van der Waals surface area contributed by atoms with Gasteiger partial charge in [-0.1, -0.05) is 18.2 Å².